The Kier molecular flexibility index (Phi) is 19.0. The molecule has 0 spiro atoms. The van der Waals surface area contributed by atoms with Crippen molar-refractivity contribution in [3.05, 3.63) is 0 Å². The average molecular weight is 905 g/mol. The number of alkyl carbamates (subject to hydrolysis) is 1. The van der Waals surface area contributed by atoms with E-state index in [2.05, 4.69) is 5.32 Å². The Hall–Kier alpha value is -2.52. The molecular weight excluding hydrogens is 824 g/mol. The van der Waals surface area contributed by atoms with Gasteiger partial charge < -0.3 is 68.5 Å². The number of rotatable bonds is 11. The lowest BCUT2D eigenvalue weighted by Crippen LogP contribution is -2.61. The number of cyclic esters (lactones) is 1. The van der Waals surface area contributed by atoms with Crippen LogP contribution in [-0.4, -0.2) is 167 Å². The summed E-state index contributed by atoms with van der Waals surface area (Å²) in [7, 11) is 5.13. The fraction of sp³-hybridized carbons (Fsp3) is 0.911. The summed E-state index contributed by atoms with van der Waals surface area (Å²) in [5.41, 5.74) is -5.92. The van der Waals surface area contributed by atoms with Crippen LogP contribution >= 0.6 is 0 Å². The van der Waals surface area contributed by atoms with E-state index < -0.39 is 125 Å². The standard InChI is InChI=1S/C45H80N2O16/c1-17-30-45(13,55)38(60-31(48)18-19-46-41(53)63-42(8,9)10)25(4)33(49)23(2)21-43(11,54)37(62-40-34(50)29(47(14)15)20-24(3)57-40)26(5)35(27(6)39(52)59-30)61-32-22-44(12,56-16)36(51)28(7)58-32/h23-30,32,34-38,40,50-51,54-55H,17-22H2,1-16H3,(H,46,53)/t23-,24-,25+,26+,27-,28+,29+,30-,32+,34-,35+,36+,37-,38-,40+,43+,44-,45+/m1/s1. The number of aliphatic hydroxyl groups is 4. The van der Waals surface area contributed by atoms with E-state index in [-0.39, 0.29) is 44.4 Å². The largest absolute Gasteiger partial charge is 0.459 e. The molecule has 5 N–H and O–H groups in total. The van der Waals surface area contributed by atoms with Gasteiger partial charge in [-0.3, -0.25) is 14.4 Å². The number of carbonyl (C=O) groups excluding carboxylic acids is 4. The van der Waals surface area contributed by atoms with E-state index in [4.69, 9.17) is 37.9 Å². The number of esters is 2. The number of Topliss-reactive ketones (excluding diaryl/α,β-unsaturated/α-hetero) is 1. The lowest BCUT2D eigenvalue weighted by Gasteiger charge is -2.49. The molecule has 3 rings (SSSR count). The van der Waals surface area contributed by atoms with E-state index in [0.29, 0.717) is 6.42 Å². The minimum absolute atomic E-state index is 0.0349. The number of likely N-dealkylation sites (N-methyl/N-ethyl adjacent to an activating group) is 1. The zero-order valence-corrected chi connectivity index (χ0v) is 40.5. The molecule has 0 aromatic carbocycles. The highest BCUT2D eigenvalue weighted by molar-refractivity contribution is 5.84. The van der Waals surface area contributed by atoms with Crippen molar-refractivity contribution in [1.29, 1.82) is 0 Å². The normalized spacial score (nSPS) is 42.5. The number of carbonyl (C=O) groups is 4. The topological polar surface area (TPSA) is 238 Å². The Morgan fingerprint density at radius 2 is 1.54 bits per heavy atom. The maximum absolute atomic E-state index is 14.5. The van der Waals surface area contributed by atoms with Gasteiger partial charge in [-0.05, 0) is 95.7 Å². The maximum Gasteiger partial charge on any atom is 0.407 e. The van der Waals surface area contributed by atoms with Crippen LogP contribution in [0.2, 0.25) is 0 Å². The lowest BCUT2D eigenvalue weighted by atomic mass is 9.74. The number of hydrogen-bond donors (Lipinski definition) is 5. The number of nitrogens with one attached hydrogen (secondary N) is 1. The van der Waals surface area contributed by atoms with E-state index in [1.54, 1.807) is 62.3 Å². The second-order valence-electron chi connectivity index (χ2n) is 20.1. The van der Waals surface area contributed by atoms with Crippen molar-refractivity contribution in [1.82, 2.24) is 10.2 Å². The van der Waals surface area contributed by atoms with Gasteiger partial charge >= 0.3 is 18.0 Å². The number of nitrogens with zero attached hydrogens (tertiary/aromatic N) is 1. The molecule has 18 atom stereocenters. The van der Waals surface area contributed by atoms with Crippen molar-refractivity contribution < 1.29 is 77.5 Å². The molecule has 3 aliphatic rings. The molecular formula is C45H80N2O16. The van der Waals surface area contributed by atoms with Gasteiger partial charge in [0.1, 0.15) is 41.4 Å². The molecule has 0 aromatic heterocycles. The number of methoxy groups -OCH3 is 1. The van der Waals surface area contributed by atoms with Gasteiger partial charge in [0, 0.05) is 38.0 Å². The first kappa shape index (κ1) is 54.8. The van der Waals surface area contributed by atoms with Crippen LogP contribution in [0.25, 0.3) is 0 Å². The van der Waals surface area contributed by atoms with Gasteiger partial charge in [0.15, 0.2) is 12.6 Å². The van der Waals surface area contributed by atoms with E-state index in [1.165, 1.54) is 27.9 Å². The van der Waals surface area contributed by atoms with Crippen molar-refractivity contribution in [3.63, 3.8) is 0 Å². The zero-order chi connectivity index (χ0) is 48.2. The molecule has 0 aromatic rings. The van der Waals surface area contributed by atoms with Crippen molar-refractivity contribution in [3.8, 4) is 0 Å². The Morgan fingerprint density at radius 3 is 2.10 bits per heavy atom. The van der Waals surface area contributed by atoms with Gasteiger partial charge in [0.2, 0.25) is 0 Å². The lowest BCUT2D eigenvalue weighted by molar-refractivity contribution is -0.318. The third kappa shape index (κ3) is 13.8. The summed E-state index contributed by atoms with van der Waals surface area (Å²) in [6.45, 7) is 21.0. The molecule has 0 aliphatic carbocycles. The first-order valence-electron chi connectivity index (χ1n) is 22.4. The van der Waals surface area contributed by atoms with Gasteiger partial charge in [-0.2, -0.15) is 0 Å². The molecule has 0 unspecified atom stereocenters. The molecule has 18 heteroatoms. The minimum Gasteiger partial charge on any atom is -0.459 e. The Labute approximate surface area is 374 Å². The van der Waals surface area contributed by atoms with E-state index in [1.807, 2.05) is 25.9 Å². The van der Waals surface area contributed by atoms with E-state index in [9.17, 15) is 39.6 Å². The fourth-order valence-electron chi connectivity index (χ4n) is 9.40. The Morgan fingerprint density at radius 1 is 0.921 bits per heavy atom. The number of ketones is 1. The van der Waals surface area contributed by atoms with Gasteiger partial charge in [-0.15, -0.1) is 0 Å². The zero-order valence-electron chi connectivity index (χ0n) is 40.5. The highest BCUT2D eigenvalue weighted by Crippen LogP contribution is 2.41. The number of ether oxygens (including phenoxy) is 8. The van der Waals surface area contributed by atoms with Crippen LogP contribution < -0.4 is 5.32 Å². The van der Waals surface area contributed by atoms with E-state index in [0.717, 1.165) is 0 Å². The van der Waals surface area contributed by atoms with Crippen molar-refractivity contribution in [2.45, 2.75) is 212 Å². The SMILES string of the molecule is CC[C@H]1OC(=O)[C@H](C)[C@@H](O[C@H]2C[C@@](C)(OC)[C@@H](O)[C@H](C)O2)[C@H](C)[C@@H](O[C@@H]2O[C@H](C)C[C@H](N(C)C)[C@H]2O)[C@@](C)(O)C[C@@H](C)C(=O)[C@H](C)[C@@H](OC(=O)CCNC(=O)OC(C)(C)C)[C@@]1(C)O. The number of aliphatic hydroxyl groups excluding tert-OH is 2. The molecule has 0 bridgehead atoms. The van der Waals surface area contributed by atoms with Crippen LogP contribution in [0.15, 0.2) is 0 Å². The van der Waals surface area contributed by atoms with Gasteiger partial charge in [-0.1, -0.05) is 27.7 Å². The third-order valence-electron chi connectivity index (χ3n) is 13.0. The number of amides is 1. The first-order chi connectivity index (χ1) is 28.9. The second-order valence-corrected chi connectivity index (χ2v) is 20.1. The monoisotopic (exact) mass is 905 g/mol. The quantitative estimate of drug-likeness (QED) is 0.148. The van der Waals surface area contributed by atoms with Crippen LogP contribution in [0.1, 0.15) is 122 Å². The van der Waals surface area contributed by atoms with Crippen molar-refractivity contribution in [2.24, 2.45) is 23.7 Å². The maximum atomic E-state index is 14.5. The molecule has 63 heavy (non-hydrogen) atoms. The van der Waals surface area contributed by atoms with Crippen LogP contribution in [0, 0.1) is 23.7 Å². The summed E-state index contributed by atoms with van der Waals surface area (Å²) in [6, 6.07) is -0.374. The predicted octanol–water partition coefficient (Wildman–Crippen LogP) is 3.25. The molecule has 366 valence electrons. The summed E-state index contributed by atoms with van der Waals surface area (Å²) in [5, 5.41) is 50.1. The van der Waals surface area contributed by atoms with Crippen LogP contribution in [-0.2, 0) is 52.3 Å². The number of hydrogen-bond acceptors (Lipinski definition) is 17. The van der Waals surface area contributed by atoms with E-state index >= 15 is 0 Å². The highest BCUT2D eigenvalue weighted by atomic mass is 16.7. The Bertz CT molecular complexity index is 1540. The van der Waals surface area contributed by atoms with Gasteiger partial charge in [0.05, 0.1) is 53.9 Å². The summed E-state index contributed by atoms with van der Waals surface area (Å²) >= 11 is 0. The summed E-state index contributed by atoms with van der Waals surface area (Å²) in [6.07, 6.45) is -11.7. The molecule has 3 aliphatic heterocycles. The van der Waals surface area contributed by atoms with Crippen LogP contribution in [0.4, 0.5) is 4.79 Å². The summed E-state index contributed by atoms with van der Waals surface area (Å²) in [5.74, 6) is -6.39. The average Bonchev–Trinajstić information content (AvgIpc) is 3.17. The smallest absolute Gasteiger partial charge is 0.407 e. The first-order valence-corrected chi connectivity index (χ1v) is 22.4. The van der Waals surface area contributed by atoms with Crippen molar-refractivity contribution in [2.75, 3.05) is 27.7 Å². The molecule has 0 saturated carbocycles. The molecule has 18 nitrogen and oxygen atoms in total. The van der Waals surface area contributed by atoms with Crippen molar-refractivity contribution >= 4 is 23.8 Å². The summed E-state index contributed by atoms with van der Waals surface area (Å²) < 4.78 is 48.7. The van der Waals surface area contributed by atoms with Gasteiger partial charge in [0.25, 0.3) is 0 Å². The molecule has 0 radical (unpaired) electrons. The highest BCUT2D eigenvalue weighted by Gasteiger charge is 2.54. The molecule has 1 amide bonds. The Balaban J connectivity index is 2.15. The minimum atomic E-state index is -2.14. The fourth-order valence-corrected chi connectivity index (χ4v) is 9.40. The third-order valence-corrected chi connectivity index (χ3v) is 13.0. The molecule has 3 heterocycles. The van der Waals surface area contributed by atoms with Gasteiger partial charge in [-0.25, -0.2) is 4.79 Å². The second kappa shape index (κ2) is 21.9. The molecule has 3 saturated heterocycles. The molecule has 3 fully saturated rings. The predicted molar refractivity (Wildman–Crippen MR) is 229 cm³/mol. The van der Waals surface area contributed by atoms with Crippen LogP contribution in [0.5, 0.6) is 0 Å². The van der Waals surface area contributed by atoms with Crippen LogP contribution in [0.3, 0.4) is 0 Å². The summed E-state index contributed by atoms with van der Waals surface area (Å²) in [4.78, 5) is 56.6.